The number of hydrogen-bond acceptors (Lipinski definition) is 6. The average Bonchev–Trinajstić information content (AvgIpc) is 2.92. The fraction of sp³-hybridized carbons (Fsp3) is 0.333. The molecule has 1 heterocycles. The van der Waals surface area contributed by atoms with E-state index in [-0.39, 0.29) is 11.5 Å². The van der Waals surface area contributed by atoms with Gasteiger partial charge in [-0.05, 0) is 96.5 Å². The van der Waals surface area contributed by atoms with Crippen molar-refractivity contribution in [1.29, 1.82) is 0 Å². The second-order valence-electron chi connectivity index (χ2n) is 10.4. The zero-order valence-corrected chi connectivity index (χ0v) is 23.1. The maximum atomic E-state index is 12.9. The van der Waals surface area contributed by atoms with Crippen LogP contribution in [0.1, 0.15) is 42.5 Å². The zero-order chi connectivity index (χ0) is 28.7. The predicted molar refractivity (Wildman–Crippen MR) is 150 cm³/mol. The molecule has 0 aromatic heterocycles. The van der Waals surface area contributed by atoms with Crippen LogP contribution in [0.5, 0.6) is 11.5 Å². The number of halogens is 3. The number of allylic oxidation sites excluding steroid dienone is 1. The summed E-state index contributed by atoms with van der Waals surface area (Å²) in [4.78, 5) is 4.81. The molecule has 0 bridgehead atoms. The van der Waals surface area contributed by atoms with Gasteiger partial charge in [-0.2, -0.15) is 21.6 Å². The Morgan fingerprint density at radius 3 is 2.08 bits per heavy atom. The number of piperazine rings is 1. The van der Waals surface area contributed by atoms with E-state index in [1.165, 1.54) is 12.1 Å². The van der Waals surface area contributed by atoms with Gasteiger partial charge in [0.1, 0.15) is 11.5 Å². The molecule has 0 atom stereocenters. The third-order valence-electron chi connectivity index (χ3n) is 7.56. The summed E-state index contributed by atoms with van der Waals surface area (Å²) in [6, 6.07) is 19.9. The first-order chi connectivity index (χ1) is 18.9. The highest BCUT2D eigenvalue weighted by molar-refractivity contribution is 7.88. The van der Waals surface area contributed by atoms with Crippen molar-refractivity contribution in [2.75, 3.05) is 31.1 Å². The van der Waals surface area contributed by atoms with Gasteiger partial charge in [0.15, 0.2) is 0 Å². The van der Waals surface area contributed by atoms with Crippen LogP contribution in [0.15, 0.2) is 66.7 Å². The molecule has 1 fully saturated rings. The Kier molecular flexibility index (Phi) is 7.58. The van der Waals surface area contributed by atoms with E-state index in [4.69, 9.17) is 0 Å². The molecule has 0 spiro atoms. The number of phenols is 1. The molecule has 2 aliphatic rings. The Labute approximate surface area is 232 Å². The summed E-state index contributed by atoms with van der Waals surface area (Å²) in [5.41, 5.74) is 0.901. The molecule has 0 unspecified atom stereocenters. The highest BCUT2D eigenvalue weighted by Crippen LogP contribution is 2.43. The predicted octanol–water partition coefficient (Wildman–Crippen LogP) is 6.06. The van der Waals surface area contributed by atoms with Crippen molar-refractivity contribution in [2.24, 2.45) is 0 Å². The number of phenolic OH excluding ortho intramolecular Hbond substituents is 1. The lowest BCUT2D eigenvalue weighted by Gasteiger charge is -2.38. The zero-order valence-electron chi connectivity index (χ0n) is 22.3. The van der Waals surface area contributed by atoms with Gasteiger partial charge in [-0.25, -0.2) is 0 Å². The van der Waals surface area contributed by atoms with E-state index in [1.54, 1.807) is 18.2 Å². The van der Waals surface area contributed by atoms with Gasteiger partial charge in [0.05, 0.1) is 0 Å². The molecule has 1 aliphatic carbocycles. The van der Waals surface area contributed by atoms with Gasteiger partial charge in [-0.3, -0.25) is 4.90 Å². The average molecular weight is 573 g/mol. The van der Waals surface area contributed by atoms with Crippen LogP contribution in [-0.4, -0.2) is 56.2 Å². The van der Waals surface area contributed by atoms with Crippen molar-refractivity contribution in [3.63, 3.8) is 0 Å². The molecule has 0 saturated carbocycles. The van der Waals surface area contributed by atoms with Crippen molar-refractivity contribution in [3.8, 4) is 11.5 Å². The van der Waals surface area contributed by atoms with E-state index >= 15 is 0 Å². The Morgan fingerprint density at radius 1 is 0.850 bits per heavy atom. The Balaban J connectivity index is 1.51. The number of nitrogens with zero attached hydrogens (tertiary/aromatic N) is 2. The number of rotatable bonds is 6. The Hall–Kier alpha value is -3.50. The van der Waals surface area contributed by atoms with Gasteiger partial charge in [-0.1, -0.05) is 30.3 Å². The molecule has 3 aromatic carbocycles. The molecule has 1 saturated heterocycles. The molecular weight excluding hydrogens is 541 g/mol. The van der Waals surface area contributed by atoms with Crippen LogP contribution in [0.2, 0.25) is 0 Å². The van der Waals surface area contributed by atoms with Gasteiger partial charge in [-0.15, -0.1) is 0 Å². The normalized spacial score (nSPS) is 16.8. The van der Waals surface area contributed by atoms with E-state index in [0.717, 1.165) is 59.7 Å². The van der Waals surface area contributed by atoms with Crippen molar-refractivity contribution >= 4 is 27.0 Å². The van der Waals surface area contributed by atoms with Crippen LogP contribution < -0.4 is 9.08 Å². The number of hydrogen-bond donors (Lipinski definition) is 1. The quantitative estimate of drug-likeness (QED) is 0.286. The highest BCUT2D eigenvalue weighted by Gasteiger charge is 2.48. The van der Waals surface area contributed by atoms with E-state index in [2.05, 4.69) is 40.0 Å². The van der Waals surface area contributed by atoms with Gasteiger partial charge >= 0.3 is 15.6 Å². The minimum absolute atomic E-state index is 0.150. The van der Waals surface area contributed by atoms with E-state index < -0.39 is 15.6 Å². The number of anilines is 1. The number of benzene rings is 3. The number of aryl methyl sites for hydroxylation is 1. The molecule has 40 heavy (non-hydrogen) atoms. The van der Waals surface area contributed by atoms with Crippen molar-refractivity contribution in [1.82, 2.24) is 4.90 Å². The van der Waals surface area contributed by atoms with Crippen LogP contribution in [-0.2, 0) is 16.5 Å². The van der Waals surface area contributed by atoms with Crippen LogP contribution in [0, 0.1) is 0 Å². The van der Waals surface area contributed by atoms with Gasteiger partial charge < -0.3 is 14.2 Å². The molecule has 1 N–H and O–H groups in total. The molecule has 6 nitrogen and oxygen atoms in total. The molecule has 10 heteroatoms. The van der Waals surface area contributed by atoms with E-state index in [0.29, 0.717) is 24.4 Å². The van der Waals surface area contributed by atoms with Crippen LogP contribution in [0.25, 0.3) is 11.1 Å². The lowest BCUT2D eigenvalue weighted by Crippen LogP contribution is -2.48. The molecule has 5 rings (SSSR count). The Bertz CT molecular complexity index is 1510. The summed E-state index contributed by atoms with van der Waals surface area (Å²) >= 11 is 0. The SMILES string of the molecule is CC(C)N1CCN(c2ccc(C3=C(c4ccc(O)cc4)CCc4cc(OS(=O)(=O)C(F)(F)F)ccc43)cc2)CC1. The first kappa shape index (κ1) is 28.0. The van der Waals surface area contributed by atoms with Crippen molar-refractivity contribution < 1.29 is 30.9 Å². The van der Waals surface area contributed by atoms with Crippen LogP contribution in [0.3, 0.4) is 0 Å². The minimum Gasteiger partial charge on any atom is -0.508 e. The fourth-order valence-electron chi connectivity index (χ4n) is 5.41. The van der Waals surface area contributed by atoms with Gasteiger partial charge in [0.25, 0.3) is 0 Å². The highest BCUT2D eigenvalue weighted by atomic mass is 32.2. The van der Waals surface area contributed by atoms with Crippen LogP contribution in [0.4, 0.5) is 18.9 Å². The number of alkyl halides is 3. The second kappa shape index (κ2) is 10.8. The van der Waals surface area contributed by atoms with Crippen molar-refractivity contribution in [3.05, 3.63) is 89.0 Å². The first-order valence-corrected chi connectivity index (χ1v) is 14.6. The number of aromatic hydroxyl groups is 1. The smallest absolute Gasteiger partial charge is 0.508 e. The summed E-state index contributed by atoms with van der Waals surface area (Å²) < 4.78 is 66.2. The van der Waals surface area contributed by atoms with Gasteiger partial charge in [0.2, 0.25) is 0 Å². The van der Waals surface area contributed by atoms with Crippen molar-refractivity contribution in [2.45, 2.75) is 38.2 Å². The van der Waals surface area contributed by atoms with Crippen LogP contribution >= 0.6 is 0 Å². The summed E-state index contributed by atoms with van der Waals surface area (Å²) in [5.74, 6) is -0.226. The monoisotopic (exact) mass is 572 g/mol. The lowest BCUT2D eigenvalue weighted by atomic mass is 9.79. The standard InChI is InChI=1S/C30H31F3N2O4S/c1-20(2)34-15-17-35(18-16-34)24-8-3-22(4-9-24)29-27(21-5-10-25(36)11-6-21)13-7-23-19-26(12-14-28(23)29)39-40(37,38)30(31,32)33/h3-6,8-12,14,19-20,36H,7,13,15-18H2,1-2H3. The third kappa shape index (κ3) is 5.69. The maximum Gasteiger partial charge on any atom is 0.534 e. The first-order valence-electron chi connectivity index (χ1n) is 13.2. The molecule has 212 valence electrons. The lowest BCUT2D eigenvalue weighted by molar-refractivity contribution is -0.0500. The summed E-state index contributed by atoms with van der Waals surface area (Å²) in [7, 11) is -5.77. The molecule has 1 aliphatic heterocycles. The summed E-state index contributed by atoms with van der Waals surface area (Å²) in [6.45, 7) is 8.28. The Morgan fingerprint density at radius 2 is 1.48 bits per heavy atom. The molecule has 3 aromatic rings. The van der Waals surface area contributed by atoms with Gasteiger partial charge in [0, 0.05) is 37.9 Å². The minimum atomic E-state index is -5.77. The maximum absolute atomic E-state index is 12.9. The third-order valence-corrected chi connectivity index (χ3v) is 8.54. The second-order valence-corrected chi connectivity index (χ2v) is 11.9. The van der Waals surface area contributed by atoms with E-state index in [9.17, 15) is 26.7 Å². The fourth-order valence-corrected chi connectivity index (χ4v) is 5.86. The summed E-state index contributed by atoms with van der Waals surface area (Å²) in [5, 5.41) is 9.81. The van der Waals surface area contributed by atoms with E-state index in [1.807, 2.05) is 24.3 Å². The number of fused-ring (bicyclic) bond motifs is 1. The molecule has 0 radical (unpaired) electrons. The molecule has 0 amide bonds. The largest absolute Gasteiger partial charge is 0.534 e. The molecular formula is C30H31F3N2O4S. The summed E-state index contributed by atoms with van der Waals surface area (Å²) in [6.07, 6.45) is 1.05. The topological polar surface area (TPSA) is 70.1 Å².